The number of hydrogen-bond acceptors (Lipinski definition) is 6. The van der Waals surface area contributed by atoms with Gasteiger partial charge in [-0.05, 0) is 49.9 Å². The summed E-state index contributed by atoms with van der Waals surface area (Å²) in [6.07, 6.45) is 6.53. The van der Waals surface area contributed by atoms with Crippen LogP contribution in [0.25, 0.3) is 11.1 Å². The van der Waals surface area contributed by atoms with Crippen molar-refractivity contribution in [1.82, 2.24) is 15.0 Å². The molecule has 1 aliphatic heterocycles. The fraction of sp³-hybridized carbons (Fsp3) is 0.333. The van der Waals surface area contributed by atoms with Crippen LogP contribution in [0.1, 0.15) is 44.0 Å². The minimum absolute atomic E-state index is 0.179. The van der Waals surface area contributed by atoms with Crippen molar-refractivity contribution in [3.63, 3.8) is 0 Å². The summed E-state index contributed by atoms with van der Waals surface area (Å²) in [6, 6.07) is 12.2. The summed E-state index contributed by atoms with van der Waals surface area (Å²) in [5.41, 5.74) is 4.93. The number of esters is 1. The molecular formula is C24H26N4O2. The Morgan fingerprint density at radius 2 is 1.83 bits per heavy atom. The van der Waals surface area contributed by atoms with Crippen molar-refractivity contribution < 1.29 is 9.53 Å². The van der Waals surface area contributed by atoms with E-state index < -0.39 is 5.60 Å². The summed E-state index contributed by atoms with van der Waals surface area (Å²) in [4.78, 5) is 27.7. The van der Waals surface area contributed by atoms with Crippen molar-refractivity contribution in [2.75, 3.05) is 4.90 Å². The Labute approximate surface area is 177 Å². The van der Waals surface area contributed by atoms with E-state index in [0.29, 0.717) is 18.8 Å². The van der Waals surface area contributed by atoms with Crippen LogP contribution in [0.2, 0.25) is 0 Å². The standard InChI is InChI=1S/C24H26N4O2/c1-24(2,3)30-22(29)10-9-17-6-4-7-18(12-17)20-13-26-23(27-14-20)28-15-19-8-5-11-25-21(19)16-28/h4-8,11-14H,9-10,15-16H2,1-3H3. The van der Waals surface area contributed by atoms with Crippen molar-refractivity contribution >= 4 is 11.9 Å². The summed E-state index contributed by atoms with van der Waals surface area (Å²) in [5.74, 6) is 0.527. The maximum atomic E-state index is 12.0. The maximum Gasteiger partial charge on any atom is 0.306 e. The van der Waals surface area contributed by atoms with Crippen molar-refractivity contribution in [2.45, 2.75) is 52.3 Å². The monoisotopic (exact) mass is 402 g/mol. The third-order valence-corrected chi connectivity index (χ3v) is 4.91. The molecule has 0 aliphatic carbocycles. The number of nitrogens with zero attached hydrogens (tertiary/aromatic N) is 4. The van der Waals surface area contributed by atoms with Gasteiger partial charge in [-0.1, -0.05) is 30.3 Å². The lowest BCUT2D eigenvalue weighted by molar-refractivity contribution is -0.154. The van der Waals surface area contributed by atoms with E-state index >= 15 is 0 Å². The molecule has 1 aromatic carbocycles. The van der Waals surface area contributed by atoms with E-state index in [2.05, 4.69) is 32.0 Å². The third-order valence-electron chi connectivity index (χ3n) is 4.91. The largest absolute Gasteiger partial charge is 0.460 e. The van der Waals surface area contributed by atoms with Gasteiger partial charge in [0.1, 0.15) is 5.60 Å². The van der Waals surface area contributed by atoms with Gasteiger partial charge >= 0.3 is 5.97 Å². The molecule has 0 atom stereocenters. The van der Waals surface area contributed by atoms with E-state index in [1.54, 1.807) is 0 Å². The molecule has 1 aliphatic rings. The first kappa shape index (κ1) is 20.0. The Bertz CT molecular complexity index is 1020. The number of carbonyl (C=O) groups excluding carboxylic acids is 1. The van der Waals surface area contributed by atoms with Gasteiger partial charge in [-0.25, -0.2) is 9.97 Å². The second-order valence-corrected chi connectivity index (χ2v) is 8.52. The highest BCUT2D eigenvalue weighted by atomic mass is 16.6. The molecule has 4 rings (SSSR count). The molecule has 6 heteroatoms. The predicted molar refractivity (Wildman–Crippen MR) is 116 cm³/mol. The number of rotatable bonds is 5. The Balaban J connectivity index is 1.41. The number of anilines is 1. The minimum Gasteiger partial charge on any atom is -0.460 e. The van der Waals surface area contributed by atoms with Gasteiger partial charge in [-0.15, -0.1) is 0 Å². The second kappa shape index (κ2) is 8.22. The van der Waals surface area contributed by atoms with Crippen LogP contribution in [0.15, 0.2) is 55.0 Å². The van der Waals surface area contributed by atoms with Crippen molar-refractivity contribution in [3.8, 4) is 11.1 Å². The van der Waals surface area contributed by atoms with Gasteiger partial charge in [0, 0.05) is 37.1 Å². The topological polar surface area (TPSA) is 68.2 Å². The Hall–Kier alpha value is -3.28. The third kappa shape index (κ3) is 4.82. The highest BCUT2D eigenvalue weighted by Gasteiger charge is 2.21. The number of aromatic nitrogens is 3. The molecule has 0 saturated carbocycles. The van der Waals surface area contributed by atoms with Gasteiger partial charge in [0.2, 0.25) is 5.95 Å². The lowest BCUT2D eigenvalue weighted by atomic mass is 10.0. The summed E-state index contributed by atoms with van der Waals surface area (Å²) in [7, 11) is 0. The number of pyridine rings is 1. The number of ether oxygens (including phenoxy) is 1. The number of carbonyl (C=O) groups is 1. The first-order valence-electron chi connectivity index (χ1n) is 10.2. The van der Waals surface area contributed by atoms with Gasteiger partial charge in [0.15, 0.2) is 0 Å². The molecule has 3 heterocycles. The molecule has 154 valence electrons. The van der Waals surface area contributed by atoms with Gasteiger partial charge in [0.25, 0.3) is 0 Å². The van der Waals surface area contributed by atoms with E-state index in [1.165, 1.54) is 5.56 Å². The first-order valence-corrected chi connectivity index (χ1v) is 10.2. The number of fused-ring (bicyclic) bond motifs is 1. The molecule has 0 amide bonds. The summed E-state index contributed by atoms with van der Waals surface area (Å²) in [5, 5.41) is 0. The summed E-state index contributed by atoms with van der Waals surface area (Å²) < 4.78 is 5.39. The van der Waals surface area contributed by atoms with E-state index in [-0.39, 0.29) is 5.97 Å². The Morgan fingerprint density at radius 3 is 2.57 bits per heavy atom. The summed E-state index contributed by atoms with van der Waals surface area (Å²) in [6.45, 7) is 7.16. The number of benzene rings is 1. The molecule has 0 fully saturated rings. The molecule has 0 radical (unpaired) electrons. The smallest absolute Gasteiger partial charge is 0.306 e. The SMILES string of the molecule is CC(C)(C)OC(=O)CCc1cccc(-c2cnc(N3Cc4cccnc4C3)nc2)c1. The zero-order valence-electron chi connectivity index (χ0n) is 17.6. The van der Waals surface area contributed by atoms with Crippen molar-refractivity contribution in [2.24, 2.45) is 0 Å². The van der Waals surface area contributed by atoms with Crippen LogP contribution in [0, 0.1) is 0 Å². The van der Waals surface area contributed by atoms with Crippen LogP contribution >= 0.6 is 0 Å². The van der Waals surface area contributed by atoms with Gasteiger partial charge in [0.05, 0.1) is 12.2 Å². The second-order valence-electron chi connectivity index (χ2n) is 8.52. The van der Waals surface area contributed by atoms with Crippen LogP contribution in [0.5, 0.6) is 0 Å². The highest BCUT2D eigenvalue weighted by molar-refractivity contribution is 5.70. The van der Waals surface area contributed by atoms with Crippen LogP contribution in [0.4, 0.5) is 5.95 Å². The van der Waals surface area contributed by atoms with Crippen molar-refractivity contribution in [3.05, 3.63) is 71.8 Å². The zero-order valence-corrected chi connectivity index (χ0v) is 17.6. The van der Waals surface area contributed by atoms with Gasteiger partial charge in [-0.3, -0.25) is 9.78 Å². The molecule has 2 aromatic heterocycles. The van der Waals surface area contributed by atoms with E-state index in [4.69, 9.17) is 4.74 Å². The molecule has 0 bridgehead atoms. The quantitative estimate of drug-likeness (QED) is 0.592. The molecule has 0 saturated heterocycles. The molecule has 3 aromatic rings. The molecule has 0 N–H and O–H groups in total. The van der Waals surface area contributed by atoms with E-state index in [1.807, 2.05) is 63.6 Å². The van der Waals surface area contributed by atoms with Crippen LogP contribution < -0.4 is 4.90 Å². The molecule has 6 nitrogen and oxygen atoms in total. The fourth-order valence-corrected chi connectivity index (χ4v) is 3.52. The highest BCUT2D eigenvalue weighted by Crippen LogP contribution is 2.26. The van der Waals surface area contributed by atoms with Crippen LogP contribution in [-0.2, 0) is 29.0 Å². The number of aryl methyl sites for hydroxylation is 1. The van der Waals surface area contributed by atoms with Crippen LogP contribution in [-0.4, -0.2) is 26.5 Å². The van der Waals surface area contributed by atoms with E-state index in [9.17, 15) is 4.79 Å². The minimum atomic E-state index is -0.454. The zero-order chi connectivity index (χ0) is 21.1. The van der Waals surface area contributed by atoms with Gasteiger partial charge in [-0.2, -0.15) is 0 Å². The normalized spacial score (nSPS) is 13.2. The molecule has 0 spiro atoms. The average Bonchev–Trinajstić information content (AvgIpc) is 3.16. The molecular weight excluding hydrogens is 376 g/mol. The lowest BCUT2D eigenvalue weighted by Crippen LogP contribution is -2.24. The lowest BCUT2D eigenvalue weighted by Gasteiger charge is -2.19. The van der Waals surface area contributed by atoms with E-state index in [0.717, 1.165) is 35.5 Å². The molecule has 30 heavy (non-hydrogen) atoms. The van der Waals surface area contributed by atoms with Crippen LogP contribution in [0.3, 0.4) is 0 Å². The predicted octanol–water partition coefficient (Wildman–Crippen LogP) is 4.33. The van der Waals surface area contributed by atoms with Gasteiger partial charge < -0.3 is 9.64 Å². The average molecular weight is 402 g/mol. The first-order chi connectivity index (χ1) is 14.4. The maximum absolute atomic E-state index is 12.0. The fourth-order valence-electron chi connectivity index (χ4n) is 3.52. The molecule has 0 unspecified atom stereocenters. The Kier molecular flexibility index (Phi) is 5.48. The summed E-state index contributed by atoms with van der Waals surface area (Å²) >= 11 is 0. The Morgan fingerprint density at radius 1 is 1.03 bits per heavy atom. The number of hydrogen-bond donors (Lipinski definition) is 0. The van der Waals surface area contributed by atoms with Crippen molar-refractivity contribution in [1.29, 1.82) is 0 Å².